The van der Waals surface area contributed by atoms with Gasteiger partial charge in [0.05, 0.1) is 5.92 Å². The topological polar surface area (TPSA) is 57.6 Å². The van der Waals surface area contributed by atoms with Gasteiger partial charge >= 0.3 is 12.1 Å². The lowest BCUT2D eigenvalue weighted by Gasteiger charge is -2.34. The van der Waals surface area contributed by atoms with Gasteiger partial charge in [0, 0.05) is 13.0 Å². The van der Waals surface area contributed by atoms with Crippen molar-refractivity contribution in [2.24, 2.45) is 0 Å². The average Bonchev–Trinajstić information content (AvgIpc) is 2.52. The van der Waals surface area contributed by atoms with E-state index in [1.807, 2.05) is 0 Å². The first-order valence-corrected chi connectivity index (χ1v) is 7.44. The lowest BCUT2D eigenvalue weighted by atomic mass is 9.93. The van der Waals surface area contributed by atoms with Crippen LogP contribution in [0, 0.1) is 0 Å². The van der Waals surface area contributed by atoms with E-state index in [-0.39, 0.29) is 18.5 Å². The van der Waals surface area contributed by atoms with Gasteiger partial charge < -0.3 is 10.0 Å². The predicted molar refractivity (Wildman–Crippen MR) is 76.8 cm³/mol. The molecule has 1 aliphatic heterocycles. The predicted octanol–water partition coefficient (Wildman–Crippen LogP) is 3.19. The van der Waals surface area contributed by atoms with Crippen LogP contribution in [0.2, 0.25) is 0 Å². The number of carboxylic acids is 1. The lowest BCUT2D eigenvalue weighted by Crippen LogP contribution is -2.48. The van der Waals surface area contributed by atoms with Crippen molar-refractivity contribution in [3.8, 4) is 0 Å². The second kappa shape index (κ2) is 7.02. The molecule has 1 fully saturated rings. The van der Waals surface area contributed by atoms with Gasteiger partial charge in [-0.2, -0.15) is 13.2 Å². The van der Waals surface area contributed by atoms with Crippen molar-refractivity contribution in [2.75, 3.05) is 6.54 Å². The van der Waals surface area contributed by atoms with Crippen LogP contribution in [0.4, 0.5) is 13.2 Å². The maximum atomic E-state index is 13.3. The Morgan fingerprint density at radius 1 is 1.22 bits per heavy atom. The Morgan fingerprint density at radius 2 is 1.87 bits per heavy atom. The van der Waals surface area contributed by atoms with Crippen molar-refractivity contribution in [3.05, 3.63) is 35.9 Å². The third-order valence-electron chi connectivity index (χ3n) is 4.08. The molecule has 4 nitrogen and oxygen atoms in total. The highest BCUT2D eigenvalue weighted by atomic mass is 19.4. The summed E-state index contributed by atoms with van der Waals surface area (Å²) in [4.78, 5) is 24.6. The molecule has 0 radical (unpaired) electrons. The van der Waals surface area contributed by atoms with E-state index in [2.05, 4.69) is 0 Å². The van der Waals surface area contributed by atoms with Gasteiger partial charge in [-0.15, -0.1) is 0 Å². The largest absolute Gasteiger partial charge is 0.480 e. The minimum absolute atomic E-state index is 0.0113. The van der Waals surface area contributed by atoms with Crippen LogP contribution in [0.3, 0.4) is 0 Å². The average molecular weight is 329 g/mol. The minimum atomic E-state index is -4.56. The first kappa shape index (κ1) is 17.3. The number of amides is 1. The zero-order valence-electron chi connectivity index (χ0n) is 12.4. The highest BCUT2D eigenvalue weighted by Crippen LogP contribution is 2.38. The van der Waals surface area contributed by atoms with E-state index < -0.39 is 36.4 Å². The fraction of sp³-hybridized carbons (Fsp3) is 0.500. The molecule has 1 N–H and O–H groups in total. The van der Waals surface area contributed by atoms with Crippen LogP contribution in [0.5, 0.6) is 0 Å². The number of hydrogen-bond acceptors (Lipinski definition) is 2. The highest BCUT2D eigenvalue weighted by molar-refractivity contribution is 5.84. The van der Waals surface area contributed by atoms with Gasteiger partial charge in [0.2, 0.25) is 5.91 Å². The second-order valence-electron chi connectivity index (χ2n) is 5.65. The Balaban J connectivity index is 2.19. The summed E-state index contributed by atoms with van der Waals surface area (Å²) in [6.07, 6.45) is -3.79. The van der Waals surface area contributed by atoms with Crippen molar-refractivity contribution in [2.45, 2.75) is 43.8 Å². The van der Waals surface area contributed by atoms with Gasteiger partial charge in [0.1, 0.15) is 6.04 Å². The van der Waals surface area contributed by atoms with Crippen LogP contribution in [-0.4, -0.2) is 40.6 Å². The molecule has 7 heteroatoms. The number of halogens is 3. The van der Waals surface area contributed by atoms with Gasteiger partial charge in [-0.3, -0.25) is 4.79 Å². The van der Waals surface area contributed by atoms with Gasteiger partial charge in [-0.05, 0) is 24.8 Å². The maximum absolute atomic E-state index is 13.3. The Bertz CT molecular complexity index is 559. The summed E-state index contributed by atoms with van der Waals surface area (Å²) in [7, 11) is 0. The second-order valence-corrected chi connectivity index (χ2v) is 5.65. The van der Waals surface area contributed by atoms with Crippen LogP contribution in [0.25, 0.3) is 0 Å². The van der Waals surface area contributed by atoms with E-state index in [1.54, 1.807) is 6.07 Å². The summed E-state index contributed by atoms with van der Waals surface area (Å²) < 4.78 is 39.9. The zero-order chi connectivity index (χ0) is 17.0. The van der Waals surface area contributed by atoms with Gasteiger partial charge in [0.15, 0.2) is 0 Å². The van der Waals surface area contributed by atoms with Gasteiger partial charge in [0.25, 0.3) is 0 Å². The van der Waals surface area contributed by atoms with E-state index in [0.717, 1.165) is 4.90 Å². The van der Waals surface area contributed by atoms with Crippen LogP contribution >= 0.6 is 0 Å². The third-order valence-corrected chi connectivity index (χ3v) is 4.08. The van der Waals surface area contributed by atoms with Crippen LogP contribution in [0.15, 0.2) is 30.3 Å². The Kier molecular flexibility index (Phi) is 5.28. The van der Waals surface area contributed by atoms with E-state index in [1.165, 1.54) is 24.3 Å². The number of piperidine rings is 1. The van der Waals surface area contributed by atoms with Gasteiger partial charge in [-0.25, -0.2) is 4.79 Å². The summed E-state index contributed by atoms with van der Waals surface area (Å²) in [5, 5.41) is 9.15. The fourth-order valence-electron chi connectivity index (χ4n) is 2.89. The number of hydrogen-bond donors (Lipinski definition) is 1. The summed E-state index contributed by atoms with van der Waals surface area (Å²) in [6.45, 7) is 0.190. The molecule has 23 heavy (non-hydrogen) atoms. The molecule has 1 aliphatic rings. The monoisotopic (exact) mass is 329 g/mol. The van der Waals surface area contributed by atoms with Crippen molar-refractivity contribution in [1.29, 1.82) is 0 Å². The molecule has 1 amide bonds. The van der Waals surface area contributed by atoms with Crippen molar-refractivity contribution >= 4 is 11.9 Å². The highest BCUT2D eigenvalue weighted by Gasteiger charge is 2.43. The summed E-state index contributed by atoms with van der Waals surface area (Å²) >= 11 is 0. The molecular weight excluding hydrogens is 311 g/mol. The van der Waals surface area contributed by atoms with E-state index >= 15 is 0 Å². The number of aliphatic carboxylic acids is 1. The molecule has 2 atom stereocenters. The fourth-order valence-corrected chi connectivity index (χ4v) is 2.89. The van der Waals surface area contributed by atoms with Crippen molar-refractivity contribution in [1.82, 2.24) is 4.90 Å². The SMILES string of the molecule is O=C(O)C1CCCCN1C(=O)CC(c1ccccc1)C(F)(F)F. The van der Waals surface area contributed by atoms with E-state index in [4.69, 9.17) is 5.11 Å². The maximum Gasteiger partial charge on any atom is 0.396 e. The quantitative estimate of drug-likeness (QED) is 0.923. The molecule has 1 aromatic carbocycles. The number of rotatable bonds is 4. The number of likely N-dealkylation sites (tertiary alicyclic amines) is 1. The molecule has 2 unspecified atom stereocenters. The van der Waals surface area contributed by atoms with Crippen molar-refractivity contribution in [3.63, 3.8) is 0 Å². The van der Waals surface area contributed by atoms with Crippen LogP contribution in [-0.2, 0) is 9.59 Å². The van der Waals surface area contributed by atoms with E-state index in [9.17, 15) is 22.8 Å². The number of carbonyl (C=O) groups excluding carboxylic acids is 1. The number of alkyl halides is 3. The molecule has 0 aliphatic carbocycles. The molecular formula is C16H18F3NO3. The number of carbonyl (C=O) groups is 2. The summed E-state index contributed by atoms with van der Waals surface area (Å²) in [5.41, 5.74) is 0.0113. The summed E-state index contributed by atoms with van der Waals surface area (Å²) in [5.74, 6) is -3.85. The standard InChI is InChI=1S/C16H18F3NO3/c17-16(18,19)12(11-6-2-1-3-7-11)10-14(21)20-9-5-4-8-13(20)15(22)23/h1-3,6-7,12-13H,4-5,8-10H2,(H,22,23). The first-order chi connectivity index (χ1) is 10.8. The molecule has 126 valence electrons. The molecule has 0 aromatic heterocycles. The Labute approximate surface area is 131 Å². The first-order valence-electron chi connectivity index (χ1n) is 7.44. The summed E-state index contributed by atoms with van der Waals surface area (Å²) in [6, 6.07) is 6.20. The molecule has 2 rings (SSSR count). The smallest absolute Gasteiger partial charge is 0.396 e. The van der Waals surface area contributed by atoms with Crippen LogP contribution in [0.1, 0.15) is 37.2 Å². The Morgan fingerprint density at radius 3 is 2.43 bits per heavy atom. The molecule has 0 saturated carbocycles. The molecule has 1 aromatic rings. The normalized spacial score (nSPS) is 20.1. The molecule has 0 bridgehead atoms. The van der Waals surface area contributed by atoms with Crippen LogP contribution < -0.4 is 0 Å². The third kappa shape index (κ3) is 4.24. The van der Waals surface area contributed by atoms with Crippen molar-refractivity contribution < 1.29 is 27.9 Å². The Hall–Kier alpha value is -2.05. The molecule has 0 spiro atoms. The molecule has 1 saturated heterocycles. The number of carboxylic acid groups (broad SMARTS) is 1. The number of nitrogens with zero attached hydrogens (tertiary/aromatic N) is 1. The van der Waals surface area contributed by atoms with E-state index in [0.29, 0.717) is 12.8 Å². The lowest BCUT2D eigenvalue weighted by molar-refractivity contribution is -0.164. The zero-order valence-corrected chi connectivity index (χ0v) is 12.4. The van der Waals surface area contributed by atoms with Gasteiger partial charge in [-0.1, -0.05) is 30.3 Å². The minimum Gasteiger partial charge on any atom is -0.480 e. The number of benzene rings is 1. The molecule has 1 heterocycles.